The van der Waals surface area contributed by atoms with Crippen LogP contribution in [0.25, 0.3) is 0 Å². The molecule has 1 saturated heterocycles. The molecular weight excluding hydrogens is 260 g/mol. The number of carbonyl (C=O) groups is 3. The van der Waals surface area contributed by atoms with Crippen molar-refractivity contribution < 1.29 is 14.4 Å². The van der Waals surface area contributed by atoms with Crippen LogP contribution in [-0.2, 0) is 9.59 Å². The minimum Gasteiger partial charge on any atom is -0.349 e. The molecule has 0 saturated carbocycles. The van der Waals surface area contributed by atoms with Gasteiger partial charge in [-0.15, -0.1) is 0 Å². The fourth-order valence-corrected chi connectivity index (χ4v) is 1.89. The summed E-state index contributed by atoms with van der Waals surface area (Å²) in [4.78, 5) is 35.7. The summed E-state index contributed by atoms with van der Waals surface area (Å²) in [6, 6.07) is -0.385. The fourth-order valence-electron chi connectivity index (χ4n) is 1.89. The molecule has 20 heavy (non-hydrogen) atoms. The number of urea groups is 1. The van der Waals surface area contributed by atoms with Crippen molar-refractivity contribution in [3.63, 3.8) is 0 Å². The van der Waals surface area contributed by atoms with Crippen molar-refractivity contribution in [3.8, 4) is 0 Å². The highest BCUT2D eigenvalue weighted by atomic mass is 16.2. The Bertz CT molecular complexity index is 381. The van der Waals surface area contributed by atoms with E-state index in [-0.39, 0.29) is 43.3 Å². The van der Waals surface area contributed by atoms with E-state index in [2.05, 4.69) is 10.6 Å². The van der Waals surface area contributed by atoms with E-state index < -0.39 is 5.54 Å². The zero-order valence-electron chi connectivity index (χ0n) is 12.4. The van der Waals surface area contributed by atoms with Crippen LogP contribution in [0.1, 0.15) is 33.6 Å². The molecule has 114 valence electrons. The quantitative estimate of drug-likeness (QED) is 0.563. The predicted molar refractivity (Wildman–Crippen MR) is 74.8 cm³/mol. The van der Waals surface area contributed by atoms with Gasteiger partial charge in [-0.05, 0) is 19.3 Å². The van der Waals surface area contributed by atoms with Crippen LogP contribution in [0.4, 0.5) is 4.79 Å². The lowest BCUT2D eigenvalue weighted by atomic mass is 9.88. The zero-order chi connectivity index (χ0) is 15.3. The van der Waals surface area contributed by atoms with Crippen LogP contribution in [0.15, 0.2) is 0 Å². The molecule has 0 bridgehead atoms. The second-order valence-corrected chi connectivity index (χ2v) is 5.63. The van der Waals surface area contributed by atoms with Crippen molar-refractivity contribution in [1.29, 1.82) is 0 Å². The fraction of sp³-hybridized carbons (Fsp3) is 0.769. The molecule has 7 nitrogen and oxygen atoms in total. The molecule has 0 spiro atoms. The van der Waals surface area contributed by atoms with Gasteiger partial charge in [-0.2, -0.15) is 0 Å². The summed E-state index contributed by atoms with van der Waals surface area (Å²) in [6.07, 6.45) is 0.711. The van der Waals surface area contributed by atoms with Crippen LogP contribution in [0.3, 0.4) is 0 Å². The third-order valence-corrected chi connectivity index (χ3v) is 3.85. The van der Waals surface area contributed by atoms with Gasteiger partial charge in [0.1, 0.15) is 0 Å². The topological polar surface area (TPSA) is 105 Å². The minimum absolute atomic E-state index is 0.0453. The SMILES string of the molecule is CC(C)C(C)(CN)NC(=O)CCCN1C(=O)CNC1=O. The van der Waals surface area contributed by atoms with Crippen molar-refractivity contribution in [2.45, 2.75) is 39.2 Å². The standard InChI is InChI=1S/C13H24N4O3/c1-9(2)13(3,8-14)16-10(18)5-4-6-17-11(19)7-15-12(17)20/h9H,4-8,14H2,1-3H3,(H,15,20)(H,16,18). The summed E-state index contributed by atoms with van der Waals surface area (Å²) in [5, 5.41) is 5.36. The second kappa shape index (κ2) is 6.69. The van der Waals surface area contributed by atoms with Crippen LogP contribution in [0.2, 0.25) is 0 Å². The molecule has 1 aliphatic heterocycles. The molecule has 1 aliphatic rings. The molecule has 1 fully saturated rings. The number of rotatable bonds is 7. The first-order valence-corrected chi connectivity index (χ1v) is 6.89. The summed E-state index contributed by atoms with van der Waals surface area (Å²) in [5.41, 5.74) is 5.27. The lowest BCUT2D eigenvalue weighted by Gasteiger charge is -2.33. The average molecular weight is 284 g/mol. The summed E-state index contributed by atoms with van der Waals surface area (Å²) in [5.74, 6) is -0.134. The number of nitrogens with one attached hydrogen (secondary N) is 2. The first-order valence-electron chi connectivity index (χ1n) is 6.89. The Kier molecular flexibility index (Phi) is 5.50. The monoisotopic (exact) mass is 284 g/mol. The number of imide groups is 1. The van der Waals surface area contributed by atoms with Gasteiger partial charge in [0.05, 0.1) is 12.1 Å². The van der Waals surface area contributed by atoms with Gasteiger partial charge in [-0.3, -0.25) is 14.5 Å². The Morgan fingerprint density at radius 1 is 1.50 bits per heavy atom. The lowest BCUT2D eigenvalue weighted by molar-refractivity contribution is -0.126. The molecule has 1 atom stereocenters. The highest BCUT2D eigenvalue weighted by molar-refractivity contribution is 6.01. The van der Waals surface area contributed by atoms with Crippen LogP contribution >= 0.6 is 0 Å². The molecule has 0 aromatic carbocycles. The van der Waals surface area contributed by atoms with E-state index in [1.807, 2.05) is 20.8 Å². The van der Waals surface area contributed by atoms with Crippen molar-refractivity contribution in [3.05, 3.63) is 0 Å². The van der Waals surface area contributed by atoms with Gasteiger partial charge in [0.25, 0.3) is 0 Å². The molecule has 1 unspecified atom stereocenters. The second-order valence-electron chi connectivity index (χ2n) is 5.63. The smallest absolute Gasteiger partial charge is 0.324 e. The molecule has 0 aromatic heterocycles. The molecule has 4 N–H and O–H groups in total. The molecule has 0 radical (unpaired) electrons. The first kappa shape index (κ1) is 16.4. The molecule has 7 heteroatoms. The largest absolute Gasteiger partial charge is 0.349 e. The van der Waals surface area contributed by atoms with E-state index in [4.69, 9.17) is 5.73 Å². The third kappa shape index (κ3) is 3.93. The van der Waals surface area contributed by atoms with Gasteiger partial charge in [-0.25, -0.2) is 4.79 Å². The van der Waals surface area contributed by atoms with E-state index >= 15 is 0 Å². The number of nitrogens with two attached hydrogens (primary N) is 1. The molecule has 0 aromatic rings. The Morgan fingerprint density at radius 3 is 2.60 bits per heavy atom. The van der Waals surface area contributed by atoms with Crippen molar-refractivity contribution in [2.24, 2.45) is 11.7 Å². The summed E-state index contributed by atoms with van der Waals surface area (Å²) in [7, 11) is 0. The van der Waals surface area contributed by atoms with E-state index in [1.54, 1.807) is 0 Å². The number of carbonyl (C=O) groups excluding carboxylic acids is 3. The van der Waals surface area contributed by atoms with Crippen molar-refractivity contribution in [1.82, 2.24) is 15.5 Å². The lowest BCUT2D eigenvalue weighted by Crippen LogP contribution is -2.55. The Labute approximate surface area is 119 Å². The number of hydrogen-bond donors (Lipinski definition) is 3. The van der Waals surface area contributed by atoms with Gasteiger partial charge < -0.3 is 16.4 Å². The van der Waals surface area contributed by atoms with Gasteiger partial charge in [0, 0.05) is 19.5 Å². The van der Waals surface area contributed by atoms with Gasteiger partial charge in [0.15, 0.2) is 0 Å². The van der Waals surface area contributed by atoms with Crippen LogP contribution in [0, 0.1) is 5.92 Å². The average Bonchev–Trinajstić information content (AvgIpc) is 2.69. The zero-order valence-corrected chi connectivity index (χ0v) is 12.4. The maximum absolute atomic E-state index is 11.9. The molecular formula is C13H24N4O3. The molecule has 1 rings (SSSR count). The number of hydrogen-bond acceptors (Lipinski definition) is 4. The first-order chi connectivity index (χ1) is 9.30. The Hall–Kier alpha value is -1.63. The summed E-state index contributed by atoms with van der Waals surface area (Å²) < 4.78 is 0. The maximum Gasteiger partial charge on any atom is 0.324 e. The van der Waals surface area contributed by atoms with E-state index in [0.29, 0.717) is 13.0 Å². The Balaban J connectivity index is 2.37. The van der Waals surface area contributed by atoms with Crippen molar-refractivity contribution in [2.75, 3.05) is 19.6 Å². The van der Waals surface area contributed by atoms with Gasteiger partial charge in [-0.1, -0.05) is 13.8 Å². The third-order valence-electron chi connectivity index (χ3n) is 3.85. The summed E-state index contributed by atoms with van der Waals surface area (Å²) in [6.45, 7) is 6.58. The minimum atomic E-state index is -0.433. The molecule has 4 amide bonds. The molecule has 1 heterocycles. The highest BCUT2D eigenvalue weighted by Gasteiger charge is 2.30. The van der Waals surface area contributed by atoms with Crippen LogP contribution in [-0.4, -0.2) is 47.9 Å². The van der Waals surface area contributed by atoms with Crippen LogP contribution < -0.4 is 16.4 Å². The number of amides is 4. The molecule has 0 aliphatic carbocycles. The van der Waals surface area contributed by atoms with Crippen LogP contribution in [0.5, 0.6) is 0 Å². The van der Waals surface area contributed by atoms with Gasteiger partial charge in [0.2, 0.25) is 11.8 Å². The van der Waals surface area contributed by atoms with E-state index in [1.165, 1.54) is 0 Å². The van der Waals surface area contributed by atoms with E-state index in [9.17, 15) is 14.4 Å². The van der Waals surface area contributed by atoms with Gasteiger partial charge >= 0.3 is 6.03 Å². The Morgan fingerprint density at radius 2 is 2.15 bits per heavy atom. The number of nitrogens with zero attached hydrogens (tertiary/aromatic N) is 1. The van der Waals surface area contributed by atoms with E-state index in [0.717, 1.165) is 4.90 Å². The summed E-state index contributed by atoms with van der Waals surface area (Å²) >= 11 is 0. The van der Waals surface area contributed by atoms with Crippen molar-refractivity contribution >= 4 is 17.8 Å². The highest BCUT2D eigenvalue weighted by Crippen LogP contribution is 2.15. The maximum atomic E-state index is 11.9. The predicted octanol–water partition coefficient (Wildman–Crippen LogP) is -0.192. The normalized spacial score (nSPS) is 18.1.